The fourth-order valence-corrected chi connectivity index (χ4v) is 3.71. The number of hydrogen-bond acceptors (Lipinski definition) is 7. The van der Waals surface area contributed by atoms with Crippen LogP contribution in [-0.4, -0.2) is 34.8 Å². The van der Waals surface area contributed by atoms with Crippen molar-refractivity contribution in [1.29, 1.82) is 0 Å². The molecule has 0 aliphatic heterocycles. The SMILES string of the molecule is CCOC(=O)C(C)(C)Oc1ccc(OCCc2ccc(-c3nccc(C(F)(F)F)n3)s2)cc1. The largest absolute Gasteiger partial charge is 0.493 e. The molecule has 0 aliphatic carbocycles. The van der Waals surface area contributed by atoms with E-state index in [0.717, 1.165) is 17.1 Å². The monoisotopic (exact) mass is 480 g/mol. The van der Waals surface area contributed by atoms with E-state index < -0.39 is 23.4 Å². The number of thiophene rings is 1. The molecule has 0 N–H and O–H groups in total. The molecule has 0 spiro atoms. The maximum atomic E-state index is 12.9. The molecule has 0 amide bonds. The second kappa shape index (κ2) is 10.2. The molecule has 176 valence electrons. The first-order valence-corrected chi connectivity index (χ1v) is 11.0. The van der Waals surface area contributed by atoms with Crippen molar-refractivity contribution in [2.24, 2.45) is 0 Å². The van der Waals surface area contributed by atoms with Crippen LogP contribution in [0.1, 0.15) is 31.3 Å². The number of rotatable bonds is 9. The van der Waals surface area contributed by atoms with E-state index in [2.05, 4.69) is 9.97 Å². The van der Waals surface area contributed by atoms with Crippen molar-refractivity contribution in [2.75, 3.05) is 13.2 Å². The molecule has 0 unspecified atom stereocenters. The number of aromatic nitrogens is 2. The predicted octanol–water partition coefficient (Wildman–Crippen LogP) is 5.57. The summed E-state index contributed by atoms with van der Waals surface area (Å²) in [5.74, 6) is 0.721. The van der Waals surface area contributed by atoms with Gasteiger partial charge < -0.3 is 14.2 Å². The van der Waals surface area contributed by atoms with Crippen molar-refractivity contribution in [3.05, 3.63) is 59.2 Å². The quantitative estimate of drug-likeness (QED) is 0.373. The molecule has 0 atom stereocenters. The Morgan fingerprint density at radius 2 is 1.73 bits per heavy atom. The van der Waals surface area contributed by atoms with Gasteiger partial charge in [-0.3, -0.25) is 0 Å². The Bertz CT molecular complexity index is 1080. The molecule has 0 aliphatic rings. The van der Waals surface area contributed by atoms with Crippen molar-refractivity contribution < 1.29 is 32.2 Å². The number of alkyl halides is 3. The van der Waals surface area contributed by atoms with Crippen molar-refractivity contribution in [3.63, 3.8) is 0 Å². The number of carbonyl (C=O) groups is 1. The first-order valence-electron chi connectivity index (χ1n) is 10.2. The second-order valence-corrected chi connectivity index (χ2v) is 8.60. The van der Waals surface area contributed by atoms with E-state index in [1.54, 1.807) is 51.1 Å². The molecule has 3 rings (SSSR count). The van der Waals surface area contributed by atoms with Gasteiger partial charge >= 0.3 is 12.1 Å². The molecule has 0 radical (unpaired) electrons. The van der Waals surface area contributed by atoms with E-state index in [-0.39, 0.29) is 12.4 Å². The van der Waals surface area contributed by atoms with Gasteiger partial charge in [0.25, 0.3) is 0 Å². The van der Waals surface area contributed by atoms with Crippen LogP contribution in [0.2, 0.25) is 0 Å². The summed E-state index contributed by atoms with van der Waals surface area (Å²) in [5.41, 5.74) is -2.08. The summed E-state index contributed by atoms with van der Waals surface area (Å²) in [6, 6.07) is 11.2. The maximum Gasteiger partial charge on any atom is 0.433 e. The minimum absolute atomic E-state index is 0.0447. The van der Waals surface area contributed by atoms with E-state index in [0.29, 0.717) is 29.4 Å². The third-order valence-electron chi connectivity index (χ3n) is 4.41. The van der Waals surface area contributed by atoms with Crippen LogP contribution in [0.4, 0.5) is 13.2 Å². The first-order chi connectivity index (χ1) is 15.6. The van der Waals surface area contributed by atoms with E-state index in [1.165, 1.54) is 11.3 Å². The highest BCUT2D eigenvalue weighted by molar-refractivity contribution is 7.15. The fourth-order valence-electron chi connectivity index (χ4n) is 2.78. The highest BCUT2D eigenvalue weighted by Gasteiger charge is 2.33. The van der Waals surface area contributed by atoms with Crippen molar-refractivity contribution in [1.82, 2.24) is 9.97 Å². The number of halogens is 3. The Balaban J connectivity index is 1.53. The van der Waals surface area contributed by atoms with Gasteiger partial charge in [0.2, 0.25) is 0 Å². The molecule has 1 aromatic carbocycles. The normalized spacial score (nSPS) is 11.8. The molecule has 0 saturated carbocycles. The molecule has 0 bridgehead atoms. The highest BCUT2D eigenvalue weighted by atomic mass is 32.1. The van der Waals surface area contributed by atoms with Crippen LogP contribution < -0.4 is 9.47 Å². The molecule has 6 nitrogen and oxygen atoms in total. The average Bonchev–Trinajstić information content (AvgIpc) is 3.23. The molecule has 2 heterocycles. The van der Waals surface area contributed by atoms with Gasteiger partial charge in [0.1, 0.15) is 17.2 Å². The summed E-state index contributed by atoms with van der Waals surface area (Å²) in [7, 11) is 0. The Morgan fingerprint density at radius 1 is 1.03 bits per heavy atom. The van der Waals surface area contributed by atoms with E-state index in [4.69, 9.17) is 14.2 Å². The molecule has 0 saturated heterocycles. The van der Waals surface area contributed by atoms with Gasteiger partial charge in [0, 0.05) is 17.5 Å². The topological polar surface area (TPSA) is 70.5 Å². The molecule has 10 heteroatoms. The number of nitrogens with zero attached hydrogens (tertiary/aromatic N) is 2. The minimum atomic E-state index is -4.51. The van der Waals surface area contributed by atoms with Crippen LogP contribution in [-0.2, 0) is 22.1 Å². The van der Waals surface area contributed by atoms with Crippen molar-refractivity contribution >= 4 is 17.3 Å². The lowest BCUT2D eigenvalue weighted by Gasteiger charge is -2.24. The second-order valence-electron chi connectivity index (χ2n) is 7.43. The van der Waals surface area contributed by atoms with Crippen LogP contribution in [0.3, 0.4) is 0 Å². The zero-order valence-electron chi connectivity index (χ0n) is 18.3. The summed E-state index contributed by atoms with van der Waals surface area (Å²) in [4.78, 5) is 21.0. The summed E-state index contributed by atoms with van der Waals surface area (Å²) < 4.78 is 55.0. The third-order valence-corrected chi connectivity index (χ3v) is 5.55. The smallest absolute Gasteiger partial charge is 0.433 e. The lowest BCUT2D eigenvalue weighted by molar-refractivity contribution is -0.158. The standard InChI is InChI=1S/C23H23F3N2O4S/c1-4-30-21(29)22(2,3)32-16-7-5-15(6-8-16)31-14-12-17-9-10-18(33-17)20-27-13-11-19(28-20)23(24,25)26/h5-11,13H,4,12,14H2,1-3H3. The molecular weight excluding hydrogens is 457 g/mol. The Morgan fingerprint density at radius 3 is 2.39 bits per heavy atom. The zero-order chi connectivity index (χ0) is 24.1. The van der Waals surface area contributed by atoms with Gasteiger partial charge in [-0.05, 0) is 63.2 Å². The van der Waals surface area contributed by atoms with E-state index >= 15 is 0 Å². The Hall–Kier alpha value is -3.14. The van der Waals surface area contributed by atoms with Crippen molar-refractivity contribution in [3.8, 4) is 22.2 Å². The highest BCUT2D eigenvalue weighted by Crippen LogP contribution is 2.31. The van der Waals surface area contributed by atoms with Gasteiger partial charge in [-0.15, -0.1) is 11.3 Å². The maximum absolute atomic E-state index is 12.9. The number of ether oxygens (including phenoxy) is 3. The lowest BCUT2D eigenvalue weighted by atomic mass is 10.1. The van der Waals surface area contributed by atoms with Gasteiger partial charge in [-0.25, -0.2) is 14.8 Å². The van der Waals surface area contributed by atoms with Crippen LogP contribution in [0.5, 0.6) is 11.5 Å². The fraction of sp³-hybridized carbons (Fsp3) is 0.348. The third kappa shape index (κ3) is 6.67. The average molecular weight is 481 g/mol. The van der Waals surface area contributed by atoms with Crippen LogP contribution in [0, 0.1) is 0 Å². The summed E-state index contributed by atoms with van der Waals surface area (Å²) in [5, 5.41) is 0. The first kappa shape index (κ1) is 24.5. The predicted molar refractivity (Wildman–Crippen MR) is 117 cm³/mol. The zero-order valence-corrected chi connectivity index (χ0v) is 19.1. The Labute approximate surface area is 193 Å². The number of esters is 1. The van der Waals surface area contributed by atoms with E-state index in [1.807, 2.05) is 6.07 Å². The summed E-state index contributed by atoms with van der Waals surface area (Å²) >= 11 is 1.32. The number of benzene rings is 1. The molecule has 33 heavy (non-hydrogen) atoms. The van der Waals surface area contributed by atoms with E-state index in [9.17, 15) is 18.0 Å². The van der Waals surface area contributed by atoms with Crippen LogP contribution in [0.15, 0.2) is 48.7 Å². The number of hydrogen-bond donors (Lipinski definition) is 0. The van der Waals surface area contributed by atoms with Gasteiger partial charge in [0.15, 0.2) is 11.4 Å². The molecular formula is C23H23F3N2O4S. The molecule has 0 fully saturated rings. The molecule has 3 aromatic rings. The van der Waals surface area contributed by atoms with Crippen molar-refractivity contribution in [2.45, 2.75) is 39.0 Å². The van der Waals surface area contributed by atoms with Gasteiger partial charge in [-0.1, -0.05) is 0 Å². The van der Waals surface area contributed by atoms with Gasteiger partial charge in [0.05, 0.1) is 18.1 Å². The minimum Gasteiger partial charge on any atom is -0.493 e. The van der Waals surface area contributed by atoms with Crippen LogP contribution in [0.25, 0.3) is 10.7 Å². The van der Waals surface area contributed by atoms with Crippen LogP contribution >= 0.6 is 11.3 Å². The summed E-state index contributed by atoms with van der Waals surface area (Å²) in [6.45, 7) is 5.65. The number of carbonyl (C=O) groups excluding carboxylic acids is 1. The molecule has 2 aromatic heterocycles. The summed E-state index contributed by atoms with van der Waals surface area (Å²) in [6.07, 6.45) is -2.84. The Kier molecular flexibility index (Phi) is 7.57. The van der Waals surface area contributed by atoms with Gasteiger partial charge in [-0.2, -0.15) is 13.2 Å². The lowest BCUT2D eigenvalue weighted by Crippen LogP contribution is -2.39.